The van der Waals surface area contributed by atoms with Gasteiger partial charge in [0.25, 0.3) is 6.71 Å². The lowest BCUT2D eigenvalue weighted by atomic mass is 9.33. The third-order valence-electron chi connectivity index (χ3n) is 14.2. The maximum atomic E-state index is 2.61. The van der Waals surface area contributed by atoms with Crippen molar-refractivity contribution in [3.05, 3.63) is 223 Å². The molecular formula is C64H59BN2S. The van der Waals surface area contributed by atoms with Crippen LogP contribution in [0, 0.1) is 0 Å². The zero-order chi connectivity index (χ0) is 47.0. The van der Waals surface area contributed by atoms with Crippen molar-refractivity contribution in [1.29, 1.82) is 0 Å². The van der Waals surface area contributed by atoms with Crippen LogP contribution in [0.15, 0.2) is 232 Å². The molecule has 9 aromatic carbocycles. The molecule has 0 N–H and O–H groups in total. The van der Waals surface area contributed by atoms with E-state index in [0.29, 0.717) is 0 Å². The highest BCUT2D eigenvalue weighted by Gasteiger charge is 2.42. The summed E-state index contributed by atoms with van der Waals surface area (Å²) in [5.74, 6) is 0. The summed E-state index contributed by atoms with van der Waals surface area (Å²) in [7, 11) is -1.91. The molecule has 0 amide bonds. The van der Waals surface area contributed by atoms with Gasteiger partial charge in [-0.2, -0.15) is 0 Å². The summed E-state index contributed by atoms with van der Waals surface area (Å²) in [6.45, 7) is 17.9. The zero-order valence-corrected chi connectivity index (χ0v) is 41.4. The summed E-state index contributed by atoms with van der Waals surface area (Å²) in [6.07, 6.45) is 0. The Hall–Kier alpha value is -7.01. The van der Waals surface area contributed by atoms with Gasteiger partial charge >= 0.3 is 0 Å². The van der Waals surface area contributed by atoms with E-state index in [0.717, 1.165) is 0 Å². The van der Waals surface area contributed by atoms with Crippen LogP contribution in [0.5, 0.6) is 0 Å². The summed E-state index contributed by atoms with van der Waals surface area (Å²) in [4.78, 5) is 7.80. The van der Waals surface area contributed by atoms with E-state index in [9.17, 15) is 0 Å². The van der Waals surface area contributed by atoms with Crippen LogP contribution in [-0.4, -0.2) is 11.3 Å². The summed E-state index contributed by atoms with van der Waals surface area (Å²) in [5, 5.41) is 2.62. The van der Waals surface area contributed by atoms with Gasteiger partial charge in [0.2, 0.25) is 0 Å². The van der Waals surface area contributed by atoms with Gasteiger partial charge in [0.15, 0.2) is 0 Å². The number of rotatable bonds is 6. The van der Waals surface area contributed by atoms with E-state index < -0.39 is 10.0 Å². The molecule has 68 heavy (non-hydrogen) atoms. The van der Waals surface area contributed by atoms with Crippen molar-refractivity contribution < 1.29 is 0 Å². The maximum Gasteiger partial charge on any atom is 0.252 e. The lowest BCUT2D eigenvalue weighted by Gasteiger charge is -2.42. The molecule has 0 aliphatic carbocycles. The second-order valence-electron chi connectivity index (χ2n) is 20.2. The third kappa shape index (κ3) is 6.79. The monoisotopic (exact) mass is 898 g/mol. The van der Waals surface area contributed by atoms with Crippen molar-refractivity contribution in [2.45, 2.75) is 85.8 Å². The van der Waals surface area contributed by atoms with E-state index in [4.69, 9.17) is 0 Å². The van der Waals surface area contributed by atoms with Crippen LogP contribution >= 0.6 is 10.0 Å². The molecule has 12 rings (SSSR count). The Morgan fingerprint density at radius 2 is 0.926 bits per heavy atom. The van der Waals surface area contributed by atoms with Gasteiger partial charge in [0, 0.05) is 58.6 Å². The average molecular weight is 899 g/mol. The van der Waals surface area contributed by atoms with Gasteiger partial charge in [-0.1, -0.05) is 177 Å². The molecule has 0 saturated heterocycles. The number of aromatic nitrogens is 1. The predicted molar refractivity (Wildman–Crippen MR) is 294 cm³/mol. The van der Waals surface area contributed by atoms with Crippen LogP contribution in [-0.2, 0) is 10.8 Å². The highest BCUT2D eigenvalue weighted by Crippen LogP contribution is 2.73. The highest BCUT2D eigenvalue weighted by molar-refractivity contribution is 8.34. The molecule has 0 radical (unpaired) electrons. The van der Waals surface area contributed by atoms with Crippen LogP contribution in [0.2, 0.25) is 0 Å². The number of anilines is 3. The minimum Gasteiger partial charge on any atom is -0.311 e. The highest BCUT2D eigenvalue weighted by atomic mass is 32.3. The summed E-state index contributed by atoms with van der Waals surface area (Å²) in [6, 6.07) is 80.8. The van der Waals surface area contributed by atoms with Crippen molar-refractivity contribution in [2.24, 2.45) is 0 Å². The molecule has 0 saturated carbocycles. The van der Waals surface area contributed by atoms with Gasteiger partial charge < -0.3 is 9.47 Å². The second-order valence-corrected chi connectivity index (χ2v) is 23.3. The number of hydrogen-bond acceptors (Lipinski definition) is 1. The standard InChI is InChI=1S/C62H53BN2S.C2H6/c1-61(2,3)44-32-35-46(36-33-44)64-56-31-17-16-29-53(56)63-54-30-19-28-51-52-41-45(62(4,5)6)34-37-55(52)65(60(51)54)58-40-43(39-57(64)59(58)63)42-20-18-27-50(38-42)66(47-21-10-7-11-22-47,48-23-12-8-13-24-48)49-25-14-9-15-26-49;1-2/h7-41H,1-6H3;1-2H3. The summed E-state index contributed by atoms with van der Waals surface area (Å²) >= 11 is 0. The largest absolute Gasteiger partial charge is 0.311 e. The quantitative estimate of drug-likeness (QED) is 0.151. The molecule has 0 bridgehead atoms. The average Bonchev–Trinajstić information content (AvgIpc) is 3.71. The first kappa shape index (κ1) is 43.6. The van der Waals surface area contributed by atoms with Crippen molar-refractivity contribution in [2.75, 3.05) is 4.90 Å². The van der Waals surface area contributed by atoms with Gasteiger partial charge in [0.05, 0.1) is 5.52 Å². The molecule has 2 aliphatic rings. The smallest absolute Gasteiger partial charge is 0.252 e. The number of fused-ring (bicyclic) bond motifs is 7. The zero-order valence-electron chi connectivity index (χ0n) is 40.6. The Bertz CT molecular complexity index is 3390. The summed E-state index contributed by atoms with van der Waals surface area (Å²) < 4.78 is 2.61. The van der Waals surface area contributed by atoms with Crippen molar-refractivity contribution in [3.8, 4) is 16.8 Å². The van der Waals surface area contributed by atoms with Crippen LogP contribution in [0.4, 0.5) is 17.1 Å². The van der Waals surface area contributed by atoms with E-state index >= 15 is 0 Å². The normalized spacial score (nSPS) is 13.2. The van der Waals surface area contributed by atoms with Gasteiger partial charge in [-0.25, -0.2) is 0 Å². The molecule has 1 aromatic heterocycles. The van der Waals surface area contributed by atoms with E-state index in [1.807, 2.05) is 13.8 Å². The fraction of sp³-hybridized carbons (Fsp3) is 0.156. The molecule has 334 valence electrons. The Morgan fingerprint density at radius 3 is 1.54 bits per heavy atom. The van der Waals surface area contributed by atoms with Crippen LogP contribution in [0.1, 0.15) is 66.5 Å². The first-order valence-corrected chi connectivity index (χ1v) is 26.0. The minimum atomic E-state index is -1.91. The van der Waals surface area contributed by atoms with Crippen molar-refractivity contribution in [3.63, 3.8) is 0 Å². The number of para-hydroxylation sites is 2. The fourth-order valence-corrected chi connectivity index (χ4v) is 14.9. The Morgan fingerprint density at radius 1 is 0.397 bits per heavy atom. The van der Waals surface area contributed by atoms with E-state index in [-0.39, 0.29) is 17.5 Å². The molecule has 0 fully saturated rings. The van der Waals surface area contributed by atoms with Gasteiger partial charge in [-0.05, 0) is 140 Å². The molecule has 10 aromatic rings. The lowest BCUT2D eigenvalue weighted by molar-refractivity contribution is 0.590. The maximum absolute atomic E-state index is 2.61. The minimum absolute atomic E-state index is 0.0214. The molecule has 4 heteroatoms. The molecule has 2 aliphatic heterocycles. The molecule has 2 nitrogen and oxygen atoms in total. The molecule has 0 spiro atoms. The summed E-state index contributed by atoms with van der Waals surface area (Å²) in [5.41, 5.74) is 16.6. The van der Waals surface area contributed by atoms with Crippen molar-refractivity contribution >= 4 is 72.0 Å². The van der Waals surface area contributed by atoms with Gasteiger partial charge in [-0.3, -0.25) is 0 Å². The Balaban J connectivity index is 0.00000250. The lowest BCUT2D eigenvalue weighted by Crippen LogP contribution is -2.60. The number of benzene rings is 9. The SMILES string of the molecule is CC.CC(C)(C)c1ccc(N2c3ccccc3B3c4c2cc(-c2cccc(S(c5ccccc5)(c5ccccc5)c5ccccc5)c2)cc4-n2c4ccc(C(C)(C)C)cc4c4cccc3c42)cc1. The van der Waals surface area contributed by atoms with E-state index in [2.05, 4.69) is 263 Å². The number of hydrogen-bond donors (Lipinski definition) is 0. The topological polar surface area (TPSA) is 8.17 Å². The van der Waals surface area contributed by atoms with Gasteiger partial charge in [0.1, 0.15) is 0 Å². The Labute approximate surface area is 405 Å². The fourth-order valence-electron chi connectivity index (χ4n) is 11.0. The van der Waals surface area contributed by atoms with Crippen LogP contribution < -0.4 is 21.3 Å². The molecule has 0 unspecified atom stereocenters. The van der Waals surface area contributed by atoms with Crippen LogP contribution in [0.3, 0.4) is 0 Å². The van der Waals surface area contributed by atoms with Crippen molar-refractivity contribution in [1.82, 2.24) is 4.57 Å². The molecule has 0 atom stereocenters. The first-order valence-electron chi connectivity index (χ1n) is 24.4. The van der Waals surface area contributed by atoms with Crippen LogP contribution in [0.25, 0.3) is 38.6 Å². The van der Waals surface area contributed by atoms with E-state index in [1.165, 1.54) is 103 Å². The van der Waals surface area contributed by atoms with E-state index in [1.54, 1.807) is 0 Å². The molecular weight excluding hydrogens is 840 g/mol. The number of nitrogens with zero attached hydrogens (tertiary/aromatic N) is 2. The predicted octanol–water partition coefficient (Wildman–Crippen LogP) is 16.0. The third-order valence-corrected chi connectivity index (χ3v) is 18.1. The first-order chi connectivity index (χ1) is 33.0. The second kappa shape index (κ2) is 16.6. The molecule has 3 heterocycles. The Kier molecular flexibility index (Phi) is 10.7. The van der Waals surface area contributed by atoms with Gasteiger partial charge in [-0.15, -0.1) is 10.0 Å².